The van der Waals surface area contributed by atoms with Crippen molar-refractivity contribution in [3.05, 3.63) is 104 Å². The van der Waals surface area contributed by atoms with E-state index in [0.29, 0.717) is 22.2 Å². The van der Waals surface area contributed by atoms with Crippen molar-refractivity contribution in [1.82, 2.24) is 9.55 Å². The molecule has 6 nitrogen and oxygen atoms in total. The summed E-state index contributed by atoms with van der Waals surface area (Å²) in [6, 6.07) is 10.5. The fourth-order valence-electron chi connectivity index (χ4n) is 3.53. The number of nitrogens with zero attached hydrogens (tertiary/aromatic N) is 2. The van der Waals surface area contributed by atoms with Gasteiger partial charge >= 0.3 is 0 Å². The lowest BCUT2D eigenvalue weighted by atomic mass is 10.0. The molecule has 0 saturated carbocycles. The molecule has 0 aliphatic heterocycles. The predicted octanol–water partition coefficient (Wildman–Crippen LogP) is 4.68. The number of amides is 1. The van der Waals surface area contributed by atoms with Gasteiger partial charge in [-0.15, -0.1) is 0 Å². The quantitative estimate of drug-likeness (QED) is 0.436. The Morgan fingerprint density at radius 3 is 2.45 bits per heavy atom. The van der Waals surface area contributed by atoms with E-state index >= 15 is 0 Å². The summed E-state index contributed by atoms with van der Waals surface area (Å²) in [4.78, 5) is 42.9. The first kappa shape index (κ1) is 22.4. The molecule has 33 heavy (non-hydrogen) atoms. The van der Waals surface area contributed by atoms with Crippen LogP contribution in [0.5, 0.6) is 0 Å². The monoisotopic (exact) mass is 463 g/mol. The Balaban J connectivity index is 1.78. The van der Waals surface area contributed by atoms with Crippen LogP contribution in [0, 0.1) is 19.7 Å². The fourth-order valence-corrected chi connectivity index (χ4v) is 3.71. The normalized spacial score (nSPS) is 10.9. The lowest BCUT2D eigenvalue weighted by Crippen LogP contribution is -2.24. The van der Waals surface area contributed by atoms with Gasteiger partial charge in [0.25, 0.3) is 0 Å². The van der Waals surface area contributed by atoms with Gasteiger partial charge in [-0.05, 0) is 67.4 Å². The van der Waals surface area contributed by atoms with Crippen LogP contribution in [0.15, 0.2) is 65.8 Å². The fraction of sp³-hybridized carbons (Fsp3) is 0.120. The molecule has 0 aliphatic carbocycles. The Hall–Kier alpha value is -3.84. The topological polar surface area (TPSA) is 81.1 Å². The van der Waals surface area contributed by atoms with E-state index in [2.05, 4.69) is 10.3 Å². The summed E-state index contributed by atoms with van der Waals surface area (Å²) in [6.45, 7) is 3.60. The van der Waals surface area contributed by atoms with Crippen LogP contribution in [-0.4, -0.2) is 21.2 Å². The molecular weight excluding hydrogens is 445 g/mol. The summed E-state index contributed by atoms with van der Waals surface area (Å²) in [6.07, 6.45) is 4.35. The van der Waals surface area contributed by atoms with Gasteiger partial charge in [-0.3, -0.25) is 19.4 Å². The summed E-state index contributed by atoms with van der Waals surface area (Å²) in [5, 5.41) is 2.89. The number of anilines is 1. The molecule has 0 radical (unpaired) electrons. The van der Waals surface area contributed by atoms with Crippen molar-refractivity contribution in [2.45, 2.75) is 20.4 Å². The van der Waals surface area contributed by atoms with E-state index in [1.54, 1.807) is 10.6 Å². The number of aromatic nitrogens is 2. The molecule has 1 amide bonds. The van der Waals surface area contributed by atoms with Crippen LogP contribution in [0.25, 0.3) is 10.9 Å². The van der Waals surface area contributed by atoms with Gasteiger partial charge in [0.1, 0.15) is 12.4 Å². The molecule has 0 aliphatic rings. The molecule has 166 valence electrons. The first-order valence-corrected chi connectivity index (χ1v) is 10.5. The Labute approximate surface area is 193 Å². The number of benzene rings is 2. The van der Waals surface area contributed by atoms with Crippen LogP contribution in [-0.2, 0) is 11.3 Å². The van der Waals surface area contributed by atoms with Crippen LogP contribution >= 0.6 is 11.6 Å². The summed E-state index contributed by atoms with van der Waals surface area (Å²) < 4.78 is 15.0. The third-order valence-electron chi connectivity index (χ3n) is 5.40. The summed E-state index contributed by atoms with van der Waals surface area (Å²) >= 11 is 5.79. The van der Waals surface area contributed by atoms with E-state index < -0.39 is 22.9 Å². The Morgan fingerprint density at radius 2 is 1.76 bits per heavy atom. The molecule has 8 heteroatoms. The number of rotatable bonds is 5. The third kappa shape index (κ3) is 4.54. The lowest BCUT2D eigenvalue weighted by molar-refractivity contribution is -0.116. The highest BCUT2D eigenvalue weighted by atomic mass is 35.5. The second kappa shape index (κ2) is 8.96. The zero-order chi connectivity index (χ0) is 23.7. The highest BCUT2D eigenvalue weighted by molar-refractivity contribution is 6.31. The Kier molecular flexibility index (Phi) is 6.07. The molecule has 0 unspecified atom stereocenters. The van der Waals surface area contributed by atoms with Gasteiger partial charge in [0.2, 0.25) is 11.3 Å². The first-order valence-electron chi connectivity index (χ1n) is 10.1. The van der Waals surface area contributed by atoms with E-state index in [9.17, 15) is 18.8 Å². The predicted molar refractivity (Wildman–Crippen MR) is 125 cm³/mol. The molecule has 2 aromatic heterocycles. The summed E-state index contributed by atoms with van der Waals surface area (Å²) in [5.41, 5.74) is 2.56. The van der Waals surface area contributed by atoms with Gasteiger partial charge in [0.15, 0.2) is 5.78 Å². The minimum atomic E-state index is -0.591. The first-order chi connectivity index (χ1) is 15.7. The number of fused-ring (bicyclic) bond motifs is 1. The summed E-state index contributed by atoms with van der Waals surface area (Å²) in [5.74, 6) is -1.48. The van der Waals surface area contributed by atoms with Crippen molar-refractivity contribution in [3.8, 4) is 0 Å². The van der Waals surface area contributed by atoms with Crippen LogP contribution < -0.4 is 10.7 Å². The molecule has 0 atom stereocenters. The largest absolute Gasteiger partial charge is 0.337 e. The van der Waals surface area contributed by atoms with E-state index in [1.807, 2.05) is 19.9 Å². The molecule has 2 heterocycles. The smallest absolute Gasteiger partial charge is 0.244 e. The number of halogens is 2. The molecule has 2 aromatic carbocycles. The molecule has 0 spiro atoms. The van der Waals surface area contributed by atoms with Crippen molar-refractivity contribution in [3.63, 3.8) is 0 Å². The maximum Gasteiger partial charge on any atom is 0.244 e. The van der Waals surface area contributed by atoms with E-state index in [1.165, 1.54) is 42.9 Å². The molecule has 4 aromatic rings. The van der Waals surface area contributed by atoms with E-state index in [4.69, 9.17) is 11.6 Å². The van der Waals surface area contributed by atoms with Gasteiger partial charge in [-0.2, -0.15) is 0 Å². The highest BCUT2D eigenvalue weighted by Gasteiger charge is 2.19. The second-order valence-electron chi connectivity index (χ2n) is 7.70. The van der Waals surface area contributed by atoms with Crippen molar-refractivity contribution in [1.29, 1.82) is 0 Å². The zero-order valence-electron chi connectivity index (χ0n) is 17.9. The Bertz CT molecular complexity index is 1470. The Morgan fingerprint density at radius 1 is 1.06 bits per heavy atom. The van der Waals surface area contributed by atoms with E-state index in [-0.39, 0.29) is 17.1 Å². The van der Waals surface area contributed by atoms with E-state index in [0.717, 1.165) is 17.2 Å². The van der Waals surface area contributed by atoms with Gasteiger partial charge in [-0.25, -0.2) is 4.39 Å². The minimum absolute atomic E-state index is 0.0467. The molecule has 0 saturated heterocycles. The number of nitrogens with one attached hydrogen (secondary N) is 1. The maximum atomic E-state index is 13.4. The molecule has 0 bridgehead atoms. The zero-order valence-corrected chi connectivity index (χ0v) is 18.6. The summed E-state index contributed by atoms with van der Waals surface area (Å²) in [7, 11) is 0. The molecular formula is C25H19ClFN3O3. The number of carbonyl (C=O) groups is 2. The van der Waals surface area contributed by atoms with Crippen molar-refractivity contribution in [2.75, 3.05) is 5.32 Å². The van der Waals surface area contributed by atoms with Gasteiger partial charge in [0.05, 0.1) is 16.1 Å². The standard InChI is InChI=1S/C25H19ClFN3O3/c1-14-9-18-22(10-15(14)2)30(13-23(31)29-17-3-4-21(27)20(26)11-17)12-19(25(18)33)24(32)16-5-7-28-8-6-16/h3-12H,13H2,1-2H3,(H,29,31). The number of pyridine rings is 2. The lowest BCUT2D eigenvalue weighted by Gasteiger charge is -2.15. The SMILES string of the molecule is Cc1cc2c(=O)c(C(=O)c3ccncc3)cn(CC(=O)Nc3ccc(F)c(Cl)c3)c2cc1C. The van der Waals surface area contributed by atoms with Crippen LogP contribution in [0.3, 0.4) is 0 Å². The molecule has 1 N–H and O–H groups in total. The molecule has 0 fully saturated rings. The average Bonchev–Trinajstić information content (AvgIpc) is 2.79. The van der Waals surface area contributed by atoms with Crippen molar-refractivity contribution < 1.29 is 14.0 Å². The van der Waals surface area contributed by atoms with Gasteiger partial charge in [-0.1, -0.05) is 11.6 Å². The molecule has 4 rings (SSSR count). The maximum absolute atomic E-state index is 13.4. The van der Waals surface area contributed by atoms with Crippen LogP contribution in [0.1, 0.15) is 27.0 Å². The number of carbonyl (C=O) groups excluding carboxylic acids is 2. The third-order valence-corrected chi connectivity index (χ3v) is 5.69. The van der Waals surface area contributed by atoms with Crippen LogP contribution in [0.4, 0.5) is 10.1 Å². The van der Waals surface area contributed by atoms with Gasteiger partial charge < -0.3 is 9.88 Å². The minimum Gasteiger partial charge on any atom is -0.337 e. The van der Waals surface area contributed by atoms with Gasteiger partial charge in [0, 0.05) is 35.2 Å². The van der Waals surface area contributed by atoms with Crippen molar-refractivity contribution in [2.24, 2.45) is 0 Å². The second-order valence-corrected chi connectivity index (χ2v) is 8.10. The highest BCUT2D eigenvalue weighted by Crippen LogP contribution is 2.21. The van der Waals surface area contributed by atoms with Crippen molar-refractivity contribution >= 4 is 39.9 Å². The number of aryl methyl sites for hydroxylation is 2. The van der Waals surface area contributed by atoms with Crippen LogP contribution in [0.2, 0.25) is 5.02 Å². The average molecular weight is 464 g/mol. The number of hydrogen-bond acceptors (Lipinski definition) is 4. The number of hydrogen-bond donors (Lipinski definition) is 1. The number of ketones is 1.